The number of ether oxygens (including phenoxy) is 2. The van der Waals surface area contributed by atoms with E-state index >= 15 is 0 Å². The zero-order valence-corrected chi connectivity index (χ0v) is 32.9. The van der Waals surface area contributed by atoms with Crippen LogP contribution in [0, 0.1) is 23.2 Å². The highest BCUT2D eigenvalue weighted by atomic mass is 35.5. The van der Waals surface area contributed by atoms with Crippen molar-refractivity contribution in [3.05, 3.63) is 34.3 Å². The third-order valence-corrected chi connectivity index (χ3v) is 14.7. The minimum Gasteiger partial charge on any atom is -0.495 e. The van der Waals surface area contributed by atoms with Gasteiger partial charge in [-0.15, -0.1) is 11.3 Å². The average molecular weight is 771 g/mol. The number of Topliss-reactive ketones (excluding diaryl/α,β-unsaturated/α-hetero) is 1. The molecular formula is C38H47ClN4O7S2. The van der Waals surface area contributed by atoms with Gasteiger partial charge >= 0.3 is 0 Å². The number of ketones is 1. The van der Waals surface area contributed by atoms with Crippen LogP contribution in [0.2, 0.25) is 5.02 Å². The highest BCUT2D eigenvalue weighted by Crippen LogP contribution is 2.58. The van der Waals surface area contributed by atoms with Crippen LogP contribution < -0.4 is 14.2 Å². The lowest BCUT2D eigenvalue weighted by Gasteiger charge is -2.40. The molecule has 3 aromatic rings. The summed E-state index contributed by atoms with van der Waals surface area (Å²) in [5.74, 6) is 0.0329. The second-order valence-corrected chi connectivity index (χ2v) is 18.8. The number of nitrogens with zero attached hydrogens (tertiary/aromatic N) is 3. The fourth-order valence-corrected chi connectivity index (χ4v) is 10.9. The van der Waals surface area contributed by atoms with Gasteiger partial charge in [-0.05, 0) is 62.0 Å². The van der Waals surface area contributed by atoms with E-state index in [9.17, 15) is 22.8 Å². The number of hydrogen-bond acceptors (Lipinski definition) is 10. The van der Waals surface area contributed by atoms with Crippen LogP contribution >= 0.6 is 22.9 Å². The molecule has 11 nitrogen and oxygen atoms in total. The maximum absolute atomic E-state index is 14.5. The van der Waals surface area contributed by atoms with E-state index in [1.165, 1.54) is 11.3 Å². The average Bonchev–Trinajstić information content (AvgIpc) is 3.99. The number of thiazole rings is 1. The number of methoxy groups -OCH3 is 1. The Morgan fingerprint density at radius 1 is 1.12 bits per heavy atom. The van der Waals surface area contributed by atoms with Gasteiger partial charge in [-0.2, -0.15) is 0 Å². The van der Waals surface area contributed by atoms with E-state index < -0.39 is 38.7 Å². The van der Waals surface area contributed by atoms with Crippen LogP contribution in [0.1, 0.15) is 97.6 Å². The Bertz CT molecular complexity index is 2030. The predicted octanol–water partition coefficient (Wildman–Crippen LogP) is 6.91. The van der Waals surface area contributed by atoms with Crippen LogP contribution in [0.5, 0.6) is 11.5 Å². The highest BCUT2D eigenvalue weighted by molar-refractivity contribution is 7.90. The Morgan fingerprint density at radius 2 is 1.87 bits per heavy atom. The van der Waals surface area contributed by atoms with Crippen LogP contribution in [-0.4, -0.2) is 71.4 Å². The first-order valence-electron chi connectivity index (χ1n) is 18.4. The predicted molar refractivity (Wildman–Crippen MR) is 200 cm³/mol. The largest absolute Gasteiger partial charge is 0.495 e. The smallest absolute Gasteiger partial charge is 0.240 e. The maximum Gasteiger partial charge on any atom is 0.240 e. The summed E-state index contributed by atoms with van der Waals surface area (Å²) >= 11 is 8.32. The number of fused-ring (bicyclic) bond motifs is 2. The number of sulfonamides is 1. The van der Waals surface area contributed by atoms with Crippen molar-refractivity contribution in [3.8, 4) is 22.2 Å². The Morgan fingerprint density at radius 3 is 2.48 bits per heavy atom. The van der Waals surface area contributed by atoms with Gasteiger partial charge in [-0.1, -0.05) is 52.6 Å². The molecule has 0 radical (unpaired) electrons. The number of carbonyl (C=O) groups is 3. The number of halogens is 1. The molecule has 2 saturated heterocycles. The van der Waals surface area contributed by atoms with E-state index in [-0.39, 0.29) is 54.2 Å². The molecule has 280 valence electrons. The molecule has 2 aromatic heterocycles. The van der Waals surface area contributed by atoms with Gasteiger partial charge < -0.3 is 14.4 Å². The summed E-state index contributed by atoms with van der Waals surface area (Å²) in [7, 11) is -2.23. The minimum atomic E-state index is -3.78. The number of aromatic nitrogens is 2. The lowest BCUT2D eigenvalue weighted by molar-refractivity contribution is -0.149. The Hall–Kier alpha value is -3.29. The number of carbonyl (C=O) groups excluding carboxylic acids is 3. The zero-order valence-electron chi connectivity index (χ0n) is 30.5. The second-order valence-electron chi connectivity index (χ2n) is 15.6. The lowest BCUT2D eigenvalue weighted by atomic mass is 9.84. The molecule has 0 spiro atoms. The number of amides is 2. The van der Waals surface area contributed by atoms with Crippen molar-refractivity contribution in [2.75, 3.05) is 7.11 Å². The van der Waals surface area contributed by atoms with Gasteiger partial charge in [0.15, 0.2) is 5.78 Å². The summed E-state index contributed by atoms with van der Waals surface area (Å²) in [6.07, 6.45) is 3.04. The lowest BCUT2D eigenvalue weighted by Crippen LogP contribution is -2.54. The summed E-state index contributed by atoms with van der Waals surface area (Å²) in [6, 6.07) is 4.28. The number of rotatable bonds is 13. The number of pyridine rings is 1. The quantitative estimate of drug-likeness (QED) is 0.196. The van der Waals surface area contributed by atoms with Gasteiger partial charge in [-0.25, -0.2) is 18.4 Å². The molecule has 2 saturated carbocycles. The Kier molecular flexibility index (Phi) is 9.86. The Balaban J connectivity index is 1.23. The highest BCUT2D eigenvalue weighted by Gasteiger charge is 2.62. The monoisotopic (exact) mass is 770 g/mol. The van der Waals surface area contributed by atoms with Gasteiger partial charge in [0, 0.05) is 35.6 Å². The van der Waals surface area contributed by atoms with Crippen molar-refractivity contribution in [2.45, 2.75) is 115 Å². The first kappa shape index (κ1) is 37.0. The molecule has 52 heavy (non-hydrogen) atoms. The van der Waals surface area contributed by atoms with Crippen LogP contribution in [-0.2, 0) is 24.4 Å². The molecule has 4 heterocycles. The molecule has 4 aliphatic rings. The van der Waals surface area contributed by atoms with E-state index in [1.807, 2.05) is 38.3 Å². The maximum atomic E-state index is 14.5. The summed E-state index contributed by atoms with van der Waals surface area (Å²) in [5.41, 5.74) is 0.926. The van der Waals surface area contributed by atoms with Crippen molar-refractivity contribution >= 4 is 61.5 Å². The molecular weight excluding hydrogens is 724 g/mol. The molecule has 4 fully saturated rings. The van der Waals surface area contributed by atoms with Crippen LogP contribution in [0.25, 0.3) is 21.6 Å². The van der Waals surface area contributed by atoms with E-state index in [0.29, 0.717) is 76.7 Å². The normalized spacial score (nSPS) is 27.3. The molecule has 2 amide bonds. The topological polar surface area (TPSA) is 145 Å². The summed E-state index contributed by atoms with van der Waals surface area (Å²) in [6.45, 7) is 10.1. The molecule has 1 aromatic carbocycles. The zero-order chi connectivity index (χ0) is 37.3. The van der Waals surface area contributed by atoms with E-state index in [1.54, 1.807) is 18.1 Å². The number of benzene rings is 1. The summed E-state index contributed by atoms with van der Waals surface area (Å²) < 4.78 is 40.2. The van der Waals surface area contributed by atoms with Crippen LogP contribution in [0.15, 0.2) is 23.6 Å². The van der Waals surface area contributed by atoms with Gasteiger partial charge in [0.25, 0.3) is 0 Å². The third-order valence-electron chi connectivity index (χ3n) is 11.6. The molecule has 7 rings (SSSR count). The third kappa shape index (κ3) is 6.59. The number of hydrogen-bond donors (Lipinski definition) is 1. The molecule has 0 bridgehead atoms. The van der Waals surface area contributed by atoms with E-state index in [0.717, 1.165) is 5.69 Å². The minimum absolute atomic E-state index is 0.0783. The van der Waals surface area contributed by atoms with E-state index in [2.05, 4.69) is 18.6 Å². The van der Waals surface area contributed by atoms with Crippen molar-refractivity contribution in [1.29, 1.82) is 0 Å². The van der Waals surface area contributed by atoms with Crippen molar-refractivity contribution in [1.82, 2.24) is 19.6 Å². The standard InChI is InChI=1S/C38H47ClN4O7S2/c1-7-21-16-38(21,37(46)42-52(47,48)22-8-9-22)17-29(44)28-15-32(27-12-10-23(19(2)3)36(45)43(27)28)50-31-14-25(35-41-26(18-51-35)20(4)5)40-34-24(31)11-13-30(49-6)33(34)39/h11,13-14,18-23,27-28,32H,7-10,12,15-17H2,1-6H3,(H,42,46)/t21-,23+,27-,28+,32-,38-/m1/s1. The van der Waals surface area contributed by atoms with Crippen LogP contribution in [0.3, 0.4) is 0 Å². The summed E-state index contributed by atoms with van der Waals surface area (Å²) in [4.78, 5) is 53.7. The number of nitrogens with one attached hydrogen (secondary N) is 1. The molecule has 2 aliphatic carbocycles. The molecule has 14 heteroatoms. The van der Waals surface area contributed by atoms with Crippen molar-refractivity contribution < 1.29 is 32.3 Å². The molecule has 1 N–H and O–H groups in total. The van der Waals surface area contributed by atoms with Crippen molar-refractivity contribution in [2.24, 2.45) is 23.2 Å². The Labute approximate surface area is 314 Å². The van der Waals surface area contributed by atoms with Crippen molar-refractivity contribution in [3.63, 3.8) is 0 Å². The fraction of sp³-hybridized carbons (Fsp3) is 0.605. The SMILES string of the molecule is CC[C@@H]1C[C@]1(CC(=O)[C@@H]1C[C@@H](Oc2cc(-c3nc(C(C)C)cs3)nc3c(Cl)c(OC)ccc23)[C@H]2CC[C@@H](C(C)C)C(=O)N21)C(=O)NS(=O)(=O)C1CC1. The van der Waals surface area contributed by atoms with Crippen LogP contribution in [0.4, 0.5) is 0 Å². The fourth-order valence-electron chi connectivity index (χ4n) is 8.26. The number of piperidine rings is 1. The van der Waals surface area contributed by atoms with Gasteiger partial charge in [0.2, 0.25) is 21.8 Å². The second kappa shape index (κ2) is 13.8. The van der Waals surface area contributed by atoms with E-state index in [4.69, 9.17) is 31.0 Å². The first-order chi connectivity index (χ1) is 24.7. The molecule has 0 unspecified atom stereocenters. The van der Waals surface area contributed by atoms with Gasteiger partial charge in [0.1, 0.15) is 33.3 Å². The summed E-state index contributed by atoms with van der Waals surface area (Å²) in [5, 5.41) is 3.17. The molecule has 6 atom stereocenters. The van der Waals surface area contributed by atoms with Gasteiger partial charge in [-0.3, -0.25) is 19.1 Å². The first-order valence-corrected chi connectivity index (χ1v) is 21.2. The van der Waals surface area contributed by atoms with Gasteiger partial charge in [0.05, 0.1) is 41.1 Å². The molecule has 2 aliphatic heterocycles.